The molecule has 0 fully saturated rings. The fourth-order valence-electron chi connectivity index (χ4n) is 1.44. The van der Waals surface area contributed by atoms with Crippen LogP contribution in [0.4, 0.5) is 4.39 Å². The zero-order valence-corrected chi connectivity index (χ0v) is 10.5. The Morgan fingerprint density at radius 3 is 2.41 bits per heavy atom. The van der Waals surface area contributed by atoms with Crippen LogP contribution in [0.15, 0.2) is 29.3 Å². The Labute approximate surface area is 102 Å². The van der Waals surface area contributed by atoms with Crippen molar-refractivity contribution in [1.82, 2.24) is 10.6 Å². The Morgan fingerprint density at radius 2 is 1.82 bits per heavy atom. The third-order valence-corrected chi connectivity index (χ3v) is 2.39. The lowest BCUT2D eigenvalue weighted by Gasteiger charge is -2.10. The number of hydrogen-bond acceptors (Lipinski definition) is 1. The van der Waals surface area contributed by atoms with Gasteiger partial charge in [0.15, 0.2) is 5.96 Å². The predicted octanol–water partition coefficient (Wildman–Crippen LogP) is 1.94. The summed E-state index contributed by atoms with van der Waals surface area (Å²) in [6.45, 7) is 3.81. The summed E-state index contributed by atoms with van der Waals surface area (Å²) in [6, 6.07) is 6.58. The summed E-state index contributed by atoms with van der Waals surface area (Å²) in [5, 5.41) is 6.41. The van der Waals surface area contributed by atoms with E-state index in [2.05, 4.69) is 22.5 Å². The highest BCUT2D eigenvalue weighted by Gasteiger charge is 1.97. The second kappa shape index (κ2) is 7.65. The van der Waals surface area contributed by atoms with E-state index in [0.29, 0.717) is 0 Å². The van der Waals surface area contributed by atoms with E-state index in [1.54, 1.807) is 19.2 Å². The second-order valence-corrected chi connectivity index (χ2v) is 3.80. The standard InChI is InChI=1S/C13H20FN3/c1-3-9-16-13(15-2)17-10-8-11-4-6-12(14)7-5-11/h4-7H,3,8-10H2,1-2H3,(H2,15,16,17). The lowest BCUT2D eigenvalue weighted by Crippen LogP contribution is -2.38. The maximum Gasteiger partial charge on any atom is 0.190 e. The molecule has 4 heteroatoms. The van der Waals surface area contributed by atoms with Crippen LogP contribution in [0.1, 0.15) is 18.9 Å². The van der Waals surface area contributed by atoms with Gasteiger partial charge in [0.2, 0.25) is 0 Å². The monoisotopic (exact) mass is 237 g/mol. The highest BCUT2D eigenvalue weighted by Crippen LogP contribution is 2.02. The van der Waals surface area contributed by atoms with Gasteiger partial charge in [0.25, 0.3) is 0 Å². The van der Waals surface area contributed by atoms with Crippen LogP contribution >= 0.6 is 0 Å². The average Bonchev–Trinajstić information content (AvgIpc) is 2.36. The van der Waals surface area contributed by atoms with Gasteiger partial charge in [0.05, 0.1) is 0 Å². The minimum Gasteiger partial charge on any atom is -0.356 e. The van der Waals surface area contributed by atoms with E-state index in [0.717, 1.165) is 37.5 Å². The first-order valence-corrected chi connectivity index (χ1v) is 5.95. The fraction of sp³-hybridized carbons (Fsp3) is 0.462. The van der Waals surface area contributed by atoms with Crippen molar-refractivity contribution in [1.29, 1.82) is 0 Å². The maximum absolute atomic E-state index is 12.7. The number of hydrogen-bond donors (Lipinski definition) is 2. The zero-order chi connectivity index (χ0) is 12.5. The normalized spacial score (nSPS) is 11.4. The van der Waals surface area contributed by atoms with Crippen LogP contribution in [-0.2, 0) is 6.42 Å². The van der Waals surface area contributed by atoms with Crippen LogP contribution in [0.2, 0.25) is 0 Å². The molecule has 0 saturated heterocycles. The van der Waals surface area contributed by atoms with Gasteiger partial charge in [-0.25, -0.2) is 4.39 Å². The van der Waals surface area contributed by atoms with E-state index in [9.17, 15) is 4.39 Å². The summed E-state index contributed by atoms with van der Waals surface area (Å²) in [4.78, 5) is 4.11. The molecule has 0 aliphatic carbocycles. The second-order valence-electron chi connectivity index (χ2n) is 3.80. The van der Waals surface area contributed by atoms with Crippen molar-refractivity contribution < 1.29 is 4.39 Å². The van der Waals surface area contributed by atoms with E-state index < -0.39 is 0 Å². The zero-order valence-electron chi connectivity index (χ0n) is 10.5. The molecule has 1 aromatic carbocycles. The van der Waals surface area contributed by atoms with Crippen LogP contribution in [-0.4, -0.2) is 26.1 Å². The number of guanidine groups is 1. The minimum absolute atomic E-state index is 0.192. The van der Waals surface area contributed by atoms with Gasteiger partial charge >= 0.3 is 0 Å². The molecule has 1 aromatic rings. The number of aliphatic imine (C=N–C) groups is 1. The smallest absolute Gasteiger partial charge is 0.190 e. The van der Waals surface area contributed by atoms with Gasteiger partial charge in [-0.15, -0.1) is 0 Å². The highest BCUT2D eigenvalue weighted by atomic mass is 19.1. The Kier molecular flexibility index (Phi) is 6.07. The molecular weight excluding hydrogens is 217 g/mol. The maximum atomic E-state index is 12.7. The van der Waals surface area contributed by atoms with Crippen molar-refractivity contribution in [3.05, 3.63) is 35.6 Å². The first-order chi connectivity index (χ1) is 8.26. The van der Waals surface area contributed by atoms with Gasteiger partial charge in [-0.05, 0) is 30.5 Å². The number of halogens is 1. The third kappa shape index (κ3) is 5.33. The number of nitrogens with zero attached hydrogens (tertiary/aromatic N) is 1. The van der Waals surface area contributed by atoms with E-state index in [1.807, 2.05) is 0 Å². The summed E-state index contributed by atoms with van der Waals surface area (Å²) >= 11 is 0. The Morgan fingerprint density at radius 1 is 1.18 bits per heavy atom. The molecule has 94 valence electrons. The van der Waals surface area contributed by atoms with Crippen LogP contribution in [0.5, 0.6) is 0 Å². The quantitative estimate of drug-likeness (QED) is 0.606. The molecule has 0 bridgehead atoms. The van der Waals surface area contributed by atoms with Crippen LogP contribution < -0.4 is 10.6 Å². The van der Waals surface area contributed by atoms with Crippen molar-refractivity contribution in [3.8, 4) is 0 Å². The molecule has 0 amide bonds. The third-order valence-electron chi connectivity index (χ3n) is 2.39. The molecule has 0 heterocycles. The van der Waals surface area contributed by atoms with Gasteiger partial charge in [0.1, 0.15) is 5.82 Å². The first kappa shape index (κ1) is 13.5. The van der Waals surface area contributed by atoms with Gasteiger partial charge in [-0.1, -0.05) is 19.1 Å². The van der Waals surface area contributed by atoms with Gasteiger partial charge in [0, 0.05) is 20.1 Å². The number of nitrogens with one attached hydrogen (secondary N) is 2. The van der Waals surface area contributed by atoms with Crippen molar-refractivity contribution >= 4 is 5.96 Å². The molecule has 0 spiro atoms. The average molecular weight is 237 g/mol. The van der Waals surface area contributed by atoms with Crippen molar-refractivity contribution in [3.63, 3.8) is 0 Å². The van der Waals surface area contributed by atoms with Gasteiger partial charge in [-0.2, -0.15) is 0 Å². The molecule has 1 rings (SSSR count). The topological polar surface area (TPSA) is 36.4 Å². The minimum atomic E-state index is -0.192. The number of rotatable bonds is 5. The van der Waals surface area contributed by atoms with E-state index in [-0.39, 0.29) is 5.82 Å². The number of benzene rings is 1. The Balaban J connectivity index is 2.29. The van der Waals surface area contributed by atoms with Gasteiger partial charge < -0.3 is 10.6 Å². The molecule has 0 aromatic heterocycles. The molecule has 0 atom stereocenters. The summed E-state index contributed by atoms with van der Waals surface area (Å²) in [7, 11) is 1.75. The Bertz CT molecular complexity index is 346. The molecule has 2 N–H and O–H groups in total. The van der Waals surface area contributed by atoms with Crippen molar-refractivity contribution in [2.24, 2.45) is 4.99 Å². The van der Waals surface area contributed by atoms with Crippen LogP contribution in [0, 0.1) is 5.82 Å². The fourth-order valence-corrected chi connectivity index (χ4v) is 1.44. The molecule has 17 heavy (non-hydrogen) atoms. The Hall–Kier alpha value is -1.58. The molecule has 0 radical (unpaired) electrons. The summed E-state index contributed by atoms with van der Waals surface area (Å²) in [5.41, 5.74) is 1.12. The molecular formula is C13H20FN3. The van der Waals surface area contributed by atoms with Crippen molar-refractivity contribution in [2.45, 2.75) is 19.8 Å². The lowest BCUT2D eigenvalue weighted by atomic mass is 10.1. The van der Waals surface area contributed by atoms with Crippen LogP contribution in [0.25, 0.3) is 0 Å². The molecule has 0 aliphatic rings. The highest BCUT2D eigenvalue weighted by molar-refractivity contribution is 5.79. The van der Waals surface area contributed by atoms with E-state index in [4.69, 9.17) is 0 Å². The summed E-state index contributed by atoms with van der Waals surface area (Å²) in [6.07, 6.45) is 1.92. The molecule has 0 unspecified atom stereocenters. The predicted molar refractivity (Wildman–Crippen MR) is 69.8 cm³/mol. The lowest BCUT2D eigenvalue weighted by molar-refractivity contribution is 0.626. The largest absolute Gasteiger partial charge is 0.356 e. The van der Waals surface area contributed by atoms with Crippen LogP contribution in [0.3, 0.4) is 0 Å². The molecule has 0 saturated carbocycles. The van der Waals surface area contributed by atoms with Gasteiger partial charge in [-0.3, -0.25) is 4.99 Å². The van der Waals surface area contributed by atoms with E-state index in [1.165, 1.54) is 12.1 Å². The first-order valence-electron chi connectivity index (χ1n) is 5.95. The van der Waals surface area contributed by atoms with Crippen molar-refractivity contribution in [2.75, 3.05) is 20.1 Å². The SMILES string of the molecule is CCCNC(=NC)NCCc1ccc(F)cc1. The molecule has 0 aliphatic heterocycles. The molecule has 3 nitrogen and oxygen atoms in total. The summed E-state index contributed by atoms with van der Waals surface area (Å²) < 4.78 is 12.7. The summed E-state index contributed by atoms with van der Waals surface area (Å²) in [5.74, 6) is 0.621. The van der Waals surface area contributed by atoms with E-state index >= 15 is 0 Å².